The van der Waals surface area contributed by atoms with Crippen LogP contribution < -0.4 is 0 Å². The van der Waals surface area contributed by atoms with Crippen LogP contribution in [0.3, 0.4) is 0 Å². The highest BCUT2D eigenvalue weighted by Gasteiger charge is 2.14. The maximum atomic E-state index is 4.67. The highest BCUT2D eigenvalue weighted by molar-refractivity contribution is 5.96. The van der Waals surface area contributed by atoms with Crippen LogP contribution in [0, 0.1) is 5.92 Å². The van der Waals surface area contributed by atoms with E-state index in [1.54, 1.807) is 0 Å². The summed E-state index contributed by atoms with van der Waals surface area (Å²) in [6.07, 6.45) is 13.6. The number of aromatic amines is 1. The molecule has 5 rings (SSSR count). The summed E-state index contributed by atoms with van der Waals surface area (Å²) >= 11 is 0. The molecule has 1 aliphatic rings. The molecule has 4 heterocycles. The van der Waals surface area contributed by atoms with Crippen LogP contribution >= 0.6 is 0 Å². The van der Waals surface area contributed by atoms with E-state index >= 15 is 0 Å². The number of rotatable bonds is 2. The molecular weight excluding hydrogens is 320 g/mol. The van der Waals surface area contributed by atoms with E-state index in [9.17, 15) is 0 Å². The van der Waals surface area contributed by atoms with Crippen LogP contribution in [0.1, 0.15) is 25.8 Å². The van der Waals surface area contributed by atoms with E-state index in [-0.39, 0.29) is 0 Å². The van der Waals surface area contributed by atoms with Crippen LogP contribution in [0.5, 0.6) is 0 Å². The van der Waals surface area contributed by atoms with E-state index in [4.69, 9.17) is 0 Å². The van der Waals surface area contributed by atoms with E-state index < -0.39 is 0 Å². The first-order valence-corrected chi connectivity index (χ1v) is 8.99. The Morgan fingerprint density at radius 2 is 2.12 bits per heavy atom. The number of aromatic nitrogens is 4. The molecule has 128 valence electrons. The molecule has 4 nitrogen and oxygen atoms in total. The maximum Gasteiger partial charge on any atom is 0.137 e. The van der Waals surface area contributed by atoms with E-state index in [1.807, 2.05) is 35.4 Å². The van der Waals surface area contributed by atoms with Gasteiger partial charge < -0.3 is 4.98 Å². The predicted molar refractivity (Wildman–Crippen MR) is 106 cm³/mol. The topological polar surface area (TPSA) is 46.0 Å². The molecule has 0 bridgehead atoms. The van der Waals surface area contributed by atoms with Crippen molar-refractivity contribution < 1.29 is 0 Å². The Hall–Kier alpha value is -3.14. The molecule has 0 aromatic carbocycles. The number of allylic oxidation sites excluding steroid dienone is 4. The predicted octanol–water partition coefficient (Wildman–Crippen LogP) is 5.25. The normalized spacial score (nSPS) is 17.5. The summed E-state index contributed by atoms with van der Waals surface area (Å²) in [5.41, 5.74) is 8.17. The van der Waals surface area contributed by atoms with Gasteiger partial charge in [-0.3, -0.25) is 0 Å². The van der Waals surface area contributed by atoms with E-state index in [2.05, 4.69) is 59.3 Å². The van der Waals surface area contributed by atoms with Crippen LogP contribution in [0.4, 0.5) is 0 Å². The molecule has 1 aliphatic carbocycles. The average Bonchev–Trinajstić information content (AvgIpc) is 3.27. The zero-order chi connectivity index (χ0) is 17.7. The van der Waals surface area contributed by atoms with Gasteiger partial charge in [0.15, 0.2) is 0 Å². The van der Waals surface area contributed by atoms with Crippen molar-refractivity contribution in [3.63, 3.8) is 0 Å². The van der Waals surface area contributed by atoms with E-state index in [0.717, 1.165) is 23.0 Å². The lowest BCUT2D eigenvalue weighted by Gasteiger charge is -2.17. The molecule has 4 aromatic heterocycles. The summed E-state index contributed by atoms with van der Waals surface area (Å²) in [4.78, 5) is 7.98. The van der Waals surface area contributed by atoms with Crippen molar-refractivity contribution in [3.8, 4) is 11.1 Å². The highest BCUT2D eigenvalue weighted by Crippen LogP contribution is 2.34. The number of H-pyrrole nitrogens is 1. The van der Waals surface area contributed by atoms with Gasteiger partial charge in [0.2, 0.25) is 0 Å². The van der Waals surface area contributed by atoms with Crippen LogP contribution in [-0.4, -0.2) is 19.6 Å². The Morgan fingerprint density at radius 1 is 1.19 bits per heavy atom. The highest BCUT2D eigenvalue weighted by atomic mass is 15.2. The standard InChI is InChI=1S/C22H20N4/c1-14-3-4-19(15(2)9-14)17-11-20-21(13-24-22(20)23-12-17)16-6-8-26-18(10-16)5-7-25-26/h4-14H,3H2,1-2H3,(H,23,24). The fraction of sp³-hybridized carbons (Fsp3) is 0.182. The lowest BCUT2D eigenvalue weighted by molar-refractivity contribution is 0.732. The summed E-state index contributed by atoms with van der Waals surface area (Å²) in [7, 11) is 0. The molecule has 0 saturated carbocycles. The van der Waals surface area contributed by atoms with Crippen molar-refractivity contribution in [1.82, 2.24) is 19.6 Å². The zero-order valence-corrected chi connectivity index (χ0v) is 14.9. The average molecular weight is 340 g/mol. The first kappa shape index (κ1) is 15.1. The van der Waals surface area contributed by atoms with Gasteiger partial charge in [0.25, 0.3) is 0 Å². The Bertz CT molecular complexity index is 1190. The van der Waals surface area contributed by atoms with Crippen molar-refractivity contribution in [2.24, 2.45) is 5.92 Å². The number of nitrogens with one attached hydrogen (secondary N) is 1. The number of fused-ring (bicyclic) bond motifs is 2. The monoisotopic (exact) mass is 340 g/mol. The van der Waals surface area contributed by atoms with Gasteiger partial charge in [0.1, 0.15) is 5.65 Å². The lowest BCUT2D eigenvalue weighted by atomic mass is 9.89. The molecule has 26 heavy (non-hydrogen) atoms. The minimum absolute atomic E-state index is 0.612. The van der Waals surface area contributed by atoms with Crippen molar-refractivity contribution in [2.45, 2.75) is 20.3 Å². The van der Waals surface area contributed by atoms with Gasteiger partial charge in [0.05, 0.1) is 5.52 Å². The van der Waals surface area contributed by atoms with Gasteiger partial charge in [-0.25, -0.2) is 9.50 Å². The summed E-state index contributed by atoms with van der Waals surface area (Å²) in [5, 5.41) is 5.43. The van der Waals surface area contributed by atoms with Gasteiger partial charge in [-0.1, -0.05) is 19.1 Å². The van der Waals surface area contributed by atoms with Crippen LogP contribution in [0.15, 0.2) is 66.8 Å². The Morgan fingerprint density at radius 3 is 3.00 bits per heavy atom. The van der Waals surface area contributed by atoms with Crippen molar-refractivity contribution in [3.05, 3.63) is 72.3 Å². The summed E-state index contributed by atoms with van der Waals surface area (Å²) in [6.45, 7) is 4.45. The Balaban J connectivity index is 1.64. The Labute approximate surface area is 151 Å². The zero-order valence-electron chi connectivity index (χ0n) is 14.9. The smallest absolute Gasteiger partial charge is 0.137 e. The molecule has 0 aliphatic heterocycles. The molecule has 0 fully saturated rings. The molecule has 0 radical (unpaired) electrons. The largest absolute Gasteiger partial charge is 0.346 e. The van der Waals surface area contributed by atoms with Gasteiger partial charge in [0, 0.05) is 41.3 Å². The minimum Gasteiger partial charge on any atom is -0.346 e. The third-order valence-corrected chi connectivity index (χ3v) is 5.21. The molecule has 1 N–H and O–H groups in total. The van der Waals surface area contributed by atoms with Gasteiger partial charge in [-0.15, -0.1) is 0 Å². The second-order valence-electron chi connectivity index (χ2n) is 7.12. The molecule has 1 atom stereocenters. The number of nitrogens with zero attached hydrogens (tertiary/aromatic N) is 3. The van der Waals surface area contributed by atoms with Crippen LogP contribution in [0.25, 0.3) is 33.3 Å². The second kappa shape index (κ2) is 5.70. The molecule has 0 spiro atoms. The number of hydrogen-bond acceptors (Lipinski definition) is 2. The van der Waals surface area contributed by atoms with Gasteiger partial charge in [-0.05, 0) is 60.2 Å². The van der Waals surface area contributed by atoms with Crippen LogP contribution in [0.2, 0.25) is 0 Å². The maximum absolute atomic E-state index is 4.67. The third-order valence-electron chi connectivity index (χ3n) is 5.21. The first-order valence-electron chi connectivity index (χ1n) is 8.99. The molecule has 4 heteroatoms. The van der Waals surface area contributed by atoms with E-state index in [1.165, 1.54) is 27.8 Å². The lowest BCUT2D eigenvalue weighted by Crippen LogP contribution is -1.99. The molecule has 0 saturated heterocycles. The molecular formula is C22H20N4. The van der Waals surface area contributed by atoms with Crippen molar-refractivity contribution in [1.29, 1.82) is 0 Å². The number of hydrogen-bond donors (Lipinski definition) is 1. The van der Waals surface area contributed by atoms with E-state index in [0.29, 0.717) is 5.92 Å². The molecule has 1 unspecified atom stereocenters. The second-order valence-corrected chi connectivity index (χ2v) is 7.12. The number of pyridine rings is 2. The SMILES string of the molecule is CC1=CC(C)CC=C1c1cnc2[nH]cc(-c3ccn4nccc4c3)c2c1. The first-order chi connectivity index (χ1) is 12.7. The summed E-state index contributed by atoms with van der Waals surface area (Å²) < 4.78 is 1.88. The minimum atomic E-state index is 0.612. The van der Waals surface area contributed by atoms with Crippen molar-refractivity contribution in [2.75, 3.05) is 0 Å². The fourth-order valence-corrected chi connectivity index (χ4v) is 3.87. The van der Waals surface area contributed by atoms with Gasteiger partial charge >= 0.3 is 0 Å². The summed E-state index contributed by atoms with van der Waals surface area (Å²) in [5.74, 6) is 0.612. The van der Waals surface area contributed by atoms with Crippen molar-refractivity contribution >= 4 is 22.1 Å². The van der Waals surface area contributed by atoms with Gasteiger partial charge in [-0.2, -0.15) is 5.10 Å². The Kier molecular flexibility index (Phi) is 3.32. The quantitative estimate of drug-likeness (QED) is 0.542. The van der Waals surface area contributed by atoms with Crippen LogP contribution in [-0.2, 0) is 0 Å². The molecule has 4 aromatic rings. The summed E-state index contributed by atoms with van der Waals surface area (Å²) in [6, 6.07) is 8.54. The third kappa shape index (κ3) is 2.37. The molecule has 0 amide bonds. The fourth-order valence-electron chi connectivity index (χ4n) is 3.87.